The van der Waals surface area contributed by atoms with Gasteiger partial charge in [0.05, 0.1) is 13.2 Å². The third kappa shape index (κ3) is 7.87. The highest BCUT2D eigenvalue weighted by atomic mass is 32.2. The molecule has 2 N–H and O–H groups in total. The van der Waals surface area contributed by atoms with Crippen LogP contribution in [0.4, 0.5) is 0 Å². The topological polar surface area (TPSA) is 55.3 Å². The van der Waals surface area contributed by atoms with Crippen LogP contribution in [0.25, 0.3) is 32.6 Å². The highest BCUT2D eigenvalue weighted by molar-refractivity contribution is 7.97. The lowest BCUT2D eigenvalue weighted by atomic mass is 10.1. The van der Waals surface area contributed by atoms with Gasteiger partial charge in [0.25, 0.3) is 5.91 Å². The molecule has 0 unspecified atom stereocenters. The van der Waals surface area contributed by atoms with Crippen molar-refractivity contribution >= 4 is 50.4 Å². The molecular weight excluding hydrogens is 514 g/mol. The molecule has 0 aliphatic carbocycles. The Kier molecular flexibility index (Phi) is 13.0. The molecule has 0 radical (unpaired) electrons. The lowest BCUT2D eigenvalue weighted by Gasteiger charge is -2.09. The van der Waals surface area contributed by atoms with E-state index in [1.54, 1.807) is 11.9 Å². The van der Waals surface area contributed by atoms with E-state index in [2.05, 4.69) is 96.0 Å². The van der Waals surface area contributed by atoms with Gasteiger partial charge in [-0.15, -0.1) is 0 Å². The highest BCUT2D eigenvalue weighted by Crippen LogP contribution is 2.29. The first-order valence-corrected chi connectivity index (χ1v) is 15.2. The third-order valence-corrected chi connectivity index (χ3v) is 7.09. The normalized spacial score (nSPS) is 10.6. The number of nitrogens with zero attached hydrogens (tertiary/aromatic N) is 1. The number of aryl methyl sites for hydroxylation is 1. The summed E-state index contributed by atoms with van der Waals surface area (Å²) >= 11 is 1.62. The largest absolute Gasteiger partial charge is 0.378 e. The van der Waals surface area contributed by atoms with Crippen LogP contribution in [0, 0.1) is 0 Å². The number of hydrogen-bond donors (Lipinski definition) is 2. The molecule has 0 atom stereocenters. The minimum atomic E-state index is -0.0755. The molecule has 6 heteroatoms. The zero-order valence-corrected chi connectivity index (χ0v) is 25.3. The molecule has 0 aliphatic heterocycles. The molecule has 212 valence electrons. The molecule has 0 saturated heterocycles. The SMILES string of the molecule is CC.CCC.CCn1c2ccccc2c2cc(C(=O)NCCOCCNSc3cccc4ccccc34)ccc21. The Morgan fingerprint density at radius 3 is 2.20 bits per heavy atom. The van der Waals surface area contributed by atoms with Gasteiger partial charge in [0.1, 0.15) is 0 Å². The Bertz CT molecular complexity index is 1490. The number of carbonyl (C=O) groups excluding carboxylic acids is 1. The Morgan fingerprint density at radius 1 is 0.775 bits per heavy atom. The number of amides is 1. The Balaban J connectivity index is 0.000000827. The van der Waals surface area contributed by atoms with Crippen molar-refractivity contribution in [2.24, 2.45) is 0 Å². The minimum absolute atomic E-state index is 0.0755. The molecule has 40 heavy (non-hydrogen) atoms. The van der Waals surface area contributed by atoms with Crippen molar-refractivity contribution in [3.63, 3.8) is 0 Å². The Labute approximate surface area is 243 Å². The monoisotopic (exact) mass is 557 g/mol. The van der Waals surface area contributed by atoms with E-state index in [9.17, 15) is 4.79 Å². The van der Waals surface area contributed by atoms with Crippen LogP contribution in [0.1, 0.15) is 51.4 Å². The van der Waals surface area contributed by atoms with Crippen molar-refractivity contribution < 1.29 is 9.53 Å². The Hall–Kier alpha value is -3.32. The van der Waals surface area contributed by atoms with Crippen LogP contribution in [0.15, 0.2) is 89.8 Å². The zero-order chi connectivity index (χ0) is 28.7. The Morgan fingerprint density at radius 2 is 1.43 bits per heavy atom. The first-order chi connectivity index (χ1) is 19.7. The second-order valence-electron chi connectivity index (χ2n) is 9.04. The maximum absolute atomic E-state index is 12.7. The third-order valence-electron chi connectivity index (χ3n) is 6.16. The number of nitrogens with one attached hydrogen (secondary N) is 2. The standard InChI is InChI=1S/C29H29N3O2S.C3H8.C2H6/c1-2-32-26-12-6-5-11-24(26)25-20-22(14-15-27(25)32)29(33)30-16-18-34-19-17-31-35-28-13-7-9-21-8-3-4-10-23(21)28;1-3-2;1-2/h3-15,20,31H,2,16-19H2,1H3,(H,30,33);3H2,1-2H3;1-2H3. The van der Waals surface area contributed by atoms with Gasteiger partial charge in [0.15, 0.2) is 0 Å². The lowest BCUT2D eigenvalue weighted by molar-refractivity contribution is 0.0919. The van der Waals surface area contributed by atoms with E-state index in [1.165, 1.54) is 33.0 Å². The van der Waals surface area contributed by atoms with Crippen molar-refractivity contribution in [3.05, 3.63) is 90.5 Å². The van der Waals surface area contributed by atoms with Gasteiger partial charge in [0.2, 0.25) is 0 Å². The molecule has 0 aliphatic rings. The maximum Gasteiger partial charge on any atom is 0.251 e. The summed E-state index contributed by atoms with van der Waals surface area (Å²) in [6.45, 7) is 13.5. The average Bonchev–Trinajstić information content (AvgIpc) is 3.32. The molecule has 1 amide bonds. The summed E-state index contributed by atoms with van der Waals surface area (Å²) in [4.78, 5) is 13.9. The van der Waals surface area contributed by atoms with Crippen LogP contribution in [0.5, 0.6) is 0 Å². The first kappa shape index (κ1) is 31.2. The van der Waals surface area contributed by atoms with E-state index in [0.29, 0.717) is 25.3 Å². The smallest absolute Gasteiger partial charge is 0.251 e. The van der Waals surface area contributed by atoms with Crippen LogP contribution < -0.4 is 10.0 Å². The van der Waals surface area contributed by atoms with E-state index in [-0.39, 0.29) is 5.91 Å². The molecular formula is C34H43N3O2S. The fourth-order valence-corrected chi connectivity index (χ4v) is 5.29. The number of aromatic nitrogens is 1. The van der Waals surface area contributed by atoms with E-state index in [0.717, 1.165) is 24.0 Å². The maximum atomic E-state index is 12.7. The second kappa shape index (κ2) is 16.7. The van der Waals surface area contributed by atoms with E-state index >= 15 is 0 Å². The number of carbonyl (C=O) groups is 1. The van der Waals surface area contributed by atoms with Crippen LogP contribution >= 0.6 is 11.9 Å². The van der Waals surface area contributed by atoms with E-state index in [1.807, 2.05) is 38.1 Å². The van der Waals surface area contributed by atoms with Gasteiger partial charge in [-0.25, -0.2) is 0 Å². The molecule has 0 fully saturated rings. The highest BCUT2D eigenvalue weighted by Gasteiger charge is 2.12. The van der Waals surface area contributed by atoms with Gasteiger partial charge in [-0.3, -0.25) is 9.52 Å². The molecule has 0 spiro atoms. The minimum Gasteiger partial charge on any atom is -0.378 e. The summed E-state index contributed by atoms with van der Waals surface area (Å²) in [5, 5.41) is 7.74. The molecule has 1 aromatic heterocycles. The predicted molar refractivity (Wildman–Crippen MR) is 173 cm³/mol. The van der Waals surface area contributed by atoms with Crippen LogP contribution in [-0.4, -0.2) is 36.8 Å². The number of hydrogen-bond acceptors (Lipinski definition) is 4. The summed E-state index contributed by atoms with van der Waals surface area (Å²) in [6.07, 6.45) is 1.25. The number of para-hydroxylation sites is 1. The summed E-state index contributed by atoms with van der Waals surface area (Å²) in [6, 6.07) is 29.0. The van der Waals surface area contributed by atoms with Gasteiger partial charge in [-0.05, 0) is 60.0 Å². The van der Waals surface area contributed by atoms with Crippen molar-refractivity contribution in [2.45, 2.75) is 52.5 Å². The van der Waals surface area contributed by atoms with E-state index in [4.69, 9.17) is 4.74 Å². The fourth-order valence-electron chi connectivity index (χ4n) is 4.50. The molecule has 5 rings (SSSR count). The molecule has 5 nitrogen and oxygen atoms in total. The molecule has 0 bridgehead atoms. The molecule has 0 saturated carbocycles. The van der Waals surface area contributed by atoms with Crippen LogP contribution in [-0.2, 0) is 11.3 Å². The van der Waals surface area contributed by atoms with Crippen molar-refractivity contribution in [2.75, 3.05) is 26.3 Å². The number of ether oxygens (including phenoxy) is 1. The zero-order valence-electron chi connectivity index (χ0n) is 24.5. The molecule has 5 aromatic rings. The number of fused-ring (bicyclic) bond motifs is 4. The fraction of sp³-hybridized carbons (Fsp3) is 0.324. The van der Waals surface area contributed by atoms with Crippen LogP contribution in [0.2, 0.25) is 0 Å². The second-order valence-corrected chi connectivity index (χ2v) is 9.98. The summed E-state index contributed by atoms with van der Waals surface area (Å²) in [5.74, 6) is -0.0755. The number of rotatable bonds is 10. The van der Waals surface area contributed by atoms with Gasteiger partial charge >= 0.3 is 0 Å². The van der Waals surface area contributed by atoms with Crippen molar-refractivity contribution in [1.29, 1.82) is 0 Å². The van der Waals surface area contributed by atoms with Crippen LogP contribution in [0.3, 0.4) is 0 Å². The first-order valence-electron chi connectivity index (χ1n) is 14.4. The summed E-state index contributed by atoms with van der Waals surface area (Å²) in [5.41, 5.74) is 3.02. The molecule has 1 heterocycles. The van der Waals surface area contributed by atoms with Gasteiger partial charge in [-0.2, -0.15) is 0 Å². The van der Waals surface area contributed by atoms with Gasteiger partial charge < -0.3 is 14.6 Å². The summed E-state index contributed by atoms with van der Waals surface area (Å²) < 4.78 is 11.3. The predicted octanol–water partition coefficient (Wildman–Crippen LogP) is 8.45. The molecule has 4 aromatic carbocycles. The quantitative estimate of drug-likeness (QED) is 0.134. The summed E-state index contributed by atoms with van der Waals surface area (Å²) in [7, 11) is 0. The van der Waals surface area contributed by atoms with Gasteiger partial charge in [-0.1, -0.05) is 88.7 Å². The average molecular weight is 558 g/mol. The number of benzene rings is 4. The lowest BCUT2D eigenvalue weighted by Crippen LogP contribution is -2.28. The van der Waals surface area contributed by atoms with Gasteiger partial charge in [0, 0.05) is 51.9 Å². The van der Waals surface area contributed by atoms with Crippen molar-refractivity contribution in [3.8, 4) is 0 Å². The van der Waals surface area contributed by atoms with E-state index < -0.39 is 0 Å². The van der Waals surface area contributed by atoms with Crippen molar-refractivity contribution in [1.82, 2.24) is 14.6 Å².